The number of aliphatic hydroxyl groups is 1. The predicted molar refractivity (Wildman–Crippen MR) is 94.0 cm³/mol. The van der Waals surface area contributed by atoms with Crippen LogP contribution >= 0.6 is 11.3 Å². The molecule has 0 saturated heterocycles. The quantitative estimate of drug-likeness (QED) is 0.709. The number of aromatic amines is 1. The van der Waals surface area contributed by atoms with Gasteiger partial charge in [-0.15, -0.1) is 11.3 Å². The number of aliphatic hydroxyl groups excluding tert-OH is 1. The summed E-state index contributed by atoms with van der Waals surface area (Å²) in [5.74, 6) is -0.499. The summed E-state index contributed by atoms with van der Waals surface area (Å²) in [6.45, 7) is 5.51. The second-order valence-corrected chi connectivity index (χ2v) is 8.01. The highest BCUT2D eigenvalue weighted by Gasteiger charge is 2.31. The second kappa shape index (κ2) is 6.40. The van der Waals surface area contributed by atoms with Crippen molar-refractivity contribution in [1.82, 2.24) is 14.9 Å². The van der Waals surface area contributed by atoms with Crippen LogP contribution in [0.1, 0.15) is 31.2 Å². The number of nitrogens with one attached hydrogen (secondary N) is 2. The first kappa shape index (κ1) is 17.8. The van der Waals surface area contributed by atoms with Gasteiger partial charge in [-0.25, -0.2) is 4.79 Å². The van der Waals surface area contributed by atoms with Crippen LogP contribution in [0.4, 0.5) is 0 Å². The van der Waals surface area contributed by atoms with Crippen LogP contribution in [0, 0.1) is 0 Å². The fourth-order valence-corrected chi connectivity index (χ4v) is 3.98. The summed E-state index contributed by atoms with van der Waals surface area (Å²) in [5.41, 5.74) is -0.594. The van der Waals surface area contributed by atoms with Gasteiger partial charge in [0.1, 0.15) is 11.4 Å². The highest BCUT2D eigenvalue weighted by molar-refractivity contribution is 7.18. The van der Waals surface area contributed by atoms with E-state index >= 15 is 0 Å². The minimum absolute atomic E-state index is 0.0626. The number of hydrogen-bond acceptors (Lipinski definition) is 6. The third kappa shape index (κ3) is 3.53. The van der Waals surface area contributed by atoms with Gasteiger partial charge in [0.15, 0.2) is 0 Å². The first-order valence-electron chi connectivity index (χ1n) is 8.04. The number of carbonyl (C=O) groups excluding carboxylic acids is 1. The van der Waals surface area contributed by atoms with E-state index in [1.807, 2.05) is 13.8 Å². The molecule has 2 aromatic rings. The van der Waals surface area contributed by atoms with Crippen LogP contribution in [0.3, 0.4) is 0 Å². The molecule has 0 saturated carbocycles. The number of nitrogens with zero attached hydrogens (tertiary/aromatic N) is 1. The zero-order valence-electron chi connectivity index (χ0n) is 14.3. The number of ether oxygens (including phenoxy) is 1. The molecule has 0 unspecified atom stereocenters. The van der Waals surface area contributed by atoms with Crippen molar-refractivity contribution in [1.29, 1.82) is 0 Å². The highest BCUT2D eigenvalue weighted by atomic mass is 32.1. The molecular formula is C16H21N3O5S. The van der Waals surface area contributed by atoms with Crippen molar-refractivity contribution in [2.75, 3.05) is 6.54 Å². The maximum atomic E-state index is 12.8. The number of carbonyl (C=O) groups is 1. The number of rotatable bonds is 4. The zero-order valence-corrected chi connectivity index (χ0v) is 15.2. The van der Waals surface area contributed by atoms with E-state index in [1.165, 1.54) is 18.3 Å². The van der Waals surface area contributed by atoms with Crippen molar-refractivity contribution in [3.8, 4) is 0 Å². The van der Waals surface area contributed by atoms with Gasteiger partial charge in [0.25, 0.3) is 5.56 Å². The van der Waals surface area contributed by atoms with Gasteiger partial charge in [-0.3, -0.25) is 19.1 Å². The Hall–Kier alpha value is -1.97. The molecule has 0 radical (unpaired) electrons. The van der Waals surface area contributed by atoms with Crippen molar-refractivity contribution >= 4 is 27.5 Å². The molecule has 3 rings (SSSR count). The molecule has 8 nitrogen and oxygen atoms in total. The third-order valence-corrected chi connectivity index (χ3v) is 5.23. The largest absolute Gasteiger partial charge is 0.392 e. The Morgan fingerprint density at radius 1 is 1.48 bits per heavy atom. The lowest BCUT2D eigenvalue weighted by Gasteiger charge is -2.29. The molecule has 0 spiro atoms. The van der Waals surface area contributed by atoms with Crippen LogP contribution in [0.2, 0.25) is 0 Å². The highest BCUT2D eigenvalue weighted by Crippen LogP contribution is 2.36. The summed E-state index contributed by atoms with van der Waals surface area (Å²) in [4.78, 5) is 41.1. The number of amides is 1. The van der Waals surface area contributed by atoms with E-state index in [0.717, 1.165) is 15.0 Å². The van der Waals surface area contributed by atoms with E-state index in [9.17, 15) is 19.5 Å². The molecule has 1 aliphatic heterocycles. The van der Waals surface area contributed by atoms with E-state index in [0.29, 0.717) is 23.2 Å². The zero-order chi connectivity index (χ0) is 18.4. The lowest BCUT2D eigenvalue weighted by atomic mass is 9.94. The monoisotopic (exact) mass is 367 g/mol. The molecule has 1 aliphatic rings. The normalized spacial score (nSPS) is 17.3. The summed E-state index contributed by atoms with van der Waals surface area (Å²) < 4.78 is 6.66. The Balaban J connectivity index is 2.02. The van der Waals surface area contributed by atoms with Gasteiger partial charge >= 0.3 is 5.69 Å². The van der Waals surface area contributed by atoms with Gasteiger partial charge in [0, 0.05) is 17.8 Å². The fraction of sp³-hybridized carbons (Fsp3) is 0.562. The standard InChI is InChI=1S/C16H21N3O5S/c1-8(20)5-17-11(21)6-19-14(22)12-9-4-16(2,3)24-7-10(9)25-13(12)18-15(19)23/h8,20H,4-7H2,1-3H3,(H,17,21)(H,18,23)/t8-/m0/s1. The minimum atomic E-state index is -0.701. The van der Waals surface area contributed by atoms with E-state index in [4.69, 9.17) is 4.74 Å². The first-order chi connectivity index (χ1) is 11.7. The van der Waals surface area contributed by atoms with Gasteiger partial charge in [0.05, 0.1) is 23.7 Å². The van der Waals surface area contributed by atoms with E-state index in [1.54, 1.807) is 0 Å². The smallest absolute Gasteiger partial charge is 0.329 e. The Labute approximate surface area is 147 Å². The maximum absolute atomic E-state index is 12.8. The SMILES string of the molecule is C[C@H](O)CNC(=O)Cn1c(=O)[nH]c2sc3c(c2c1=O)CC(C)(C)OC3. The summed E-state index contributed by atoms with van der Waals surface area (Å²) in [6, 6.07) is 0. The molecule has 25 heavy (non-hydrogen) atoms. The molecule has 9 heteroatoms. The topological polar surface area (TPSA) is 113 Å². The molecule has 0 aliphatic carbocycles. The van der Waals surface area contributed by atoms with Crippen LogP contribution in [0.15, 0.2) is 9.59 Å². The second-order valence-electron chi connectivity index (χ2n) is 6.91. The first-order valence-corrected chi connectivity index (χ1v) is 8.85. The Kier molecular flexibility index (Phi) is 4.56. The predicted octanol–water partition coefficient (Wildman–Crippen LogP) is 0.0996. The number of H-pyrrole nitrogens is 1. The molecular weight excluding hydrogens is 346 g/mol. The van der Waals surface area contributed by atoms with E-state index in [-0.39, 0.29) is 18.7 Å². The van der Waals surface area contributed by atoms with Crippen molar-refractivity contribution in [3.63, 3.8) is 0 Å². The molecule has 3 N–H and O–H groups in total. The van der Waals surface area contributed by atoms with Gasteiger partial charge in [-0.05, 0) is 26.3 Å². The van der Waals surface area contributed by atoms with Crippen LogP contribution in [-0.2, 0) is 29.1 Å². The average Bonchev–Trinajstić information content (AvgIpc) is 2.85. The third-order valence-electron chi connectivity index (χ3n) is 4.11. The van der Waals surface area contributed by atoms with Crippen LogP contribution in [0.5, 0.6) is 0 Å². The summed E-state index contributed by atoms with van der Waals surface area (Å²) in [5, 5.41) is 12.2. The fourth-order valence-electron chi connectivity index (χ4n) is 2.86. The van der Waals surface area contributed by atoms with Crippen LogP contribution in [0.25, 0.3) is 10.2 Å². The Morgan fingerprint density at radius 2 is 2.20 bits per heavy atom. The van der Waals surface area contributed by atoms with Gasteiger partial charge in [-0.2, -0.15) is 0 Å². The molecule has 0 bridgehead atoms. The van der Waals surface area contributed by atoms with Gasteiger partial charge < -0.3 is 15.2 Å². The number of fused-ring (bicyclic) bond motifs is 3. The Bertz CT molecular complexity index is 938. The number of hydrogen-bond donors (Lipinski definition) is 3. The molecule has 2 aromatic heterocycles. The maximum Gasteiger partial charge on any atom is 0.329 e. The van der Waals surface area contributed by atoms with E-state index in [2.05, 4.69) is 10.3 Å². The lowest BCUT2D eigenvalue weighted by molar-refractivity contribution is -0.122. The van der Waals surface area contributed by atoms with Crippen LogP contribution < -0.4 is 16.6 Å². The Morgan fingerprint density at radius 3 is 2.88 bits per heavy atom. The molecule has 136 valence electrons. The average molecular weight is 367 g/mol. The minimum Gasteiger partial charge on any atom is -0.392 e. The lowest BCUT2D eigenvalue weighted by Crippen LogP contribution is -2.42. The van der Waals surface area contributed by atoms with Gasteiger partial charge in [-0.1, -0.05) is 0 Å². The summed E-state index contributed by atoms with van der Waals surface area (Å²) in [6.07, 6.45) is -0.134. The van der Waals surface area contributed by atoms with E-state index < -0.39 is 23.3 Å². The number of aromatic nitrogens is 2. The van der Waals surface area contributed by atoms with Crippen molar-refractivity contribution in [2.45, 2.75) is 52.0 Å². The van der Waals surface area contributed by atoms with Crippen molar-refractivity contribution in [3.05, 3.63) is 31.3 Å². The molecule has 0 aromatic carbocycles. The van der Waals surface area contributed by atoms with Gasteiger partial charge in [0.2, 0.25) is 5.91 Å². The molecule has 3 heterocycles. The van der Waals surface area contributed by atoms with Crippen molar-refractivity contribution < 1.29 is 14.6 Å². The molecule has 1 atom stereocenters. The number of thiophene rings is 1. The van der Waals surface area contributed by atoms with Crippen LogP contribution in [-0.4, -0.2) is 38.8 Å². The summed E-state index contributed by atoms with van der Waals surface area (Å²) >= 11 is 1.34. The molecule has 0 fully saturated rings. The summed E-state index contributed by atoms with van der Waals surface area (Å²) in [7, 11) is 0. The molecule has 1 amide bonds. The van der Waals surface area contributed by atoms with Crippen molar-refractivity contribution in [2.24, 2.45) is 0 Å².